The molecule has 0 aliphatic carbocycles. The zero-order valence-electron chi connectivity index (χ0n) is 13.2. The second kappa shape index (κ2) is 11.4. The maximum absolute atomic E-state index is 12.0. The van der Waals surface area contributed by atoms with Crippen molar-refractivity contribution in [2.75, 3.05) is 18.1 Å². The highest BCUT2D eigenvalue weighted by atomic mass is 32.2. The van der Waals surface area contributed by atoms with Gasteiger partial charge in [0, 0.05) is 29.6 Å². The van der Waals surface area contributed by atoms with E-state index in [2.05, 4.69) is 12.2 Å². The molecular formula is C18H27NOS. The van der Waals surface area contributed by atoms with Crippen LogP contribution in [0.25, 0.3) is 0 Å². The van der Waals surface area contributed by atoms with Gasteiger partial charge in [-0.2, -0.15) is 11.8 Å². The molecule has 0 heterocycles. The summed E-state index contributed by atoms with van der Waals surface area (Å²) in [4.78, 5) is 12.0. The molecule has 0 aliphatic rings. The Labute approximate surface area is 133 Å². The molecule has 116 valence electrons. The average molecular weight is 305 g/mol. The maximum atomic E-state index is 12.0. The molecule has 21 heavy (non-hydrogen) atoms. The lowest BCUT2D eigenvalue weighted by Crippen LogP contribution is -2.16. The first-order valence-electron chi connectivity index (χ1n) is 7.83. The molecule has 1 rings (SSSR count). The minimum atomic E-state index is 0.0628. The van der Waals surface area contributed by atoms with E-state index in [1.165, 1.54) is 31.4 Å². The van der Waals surface area contributed by atoms with Crippen molar-refractivity contribution in [3.8, 4) is 0 Å². The molecule has 3 heteroatoms. The topological polar surface area (TPSA) is 29.1 Å². The minimum Gasteiger partial charge on any atom is -0.388 e. The lowest BCUT2D eigenvalue weighted by molar-refractivity contribution is 0.104. The van der Waals surface area contributed by atoms with Crippen molar-refractivity contribution in [2.24, 2.45) is 0 Å². The maximum Gasteiger partial charge on any atom is 0.187 e. The van der Waals surface area contributed by atoms with E-state index in [0.29, 0.717) is 0 Å². The van der Waals surface area contributed by atoms with Gasteiger partial charge in [-0.1, -0.05) is 56.5 Å². The molecule has 0 saturated carbocycles. The van der Waals surface area contributed by atoms with Crippen LogP contribution < -0.4 is 5.32 Å². The number of rotatable bonds is 11. The smallest absolute Gasteiger partial charge is 0.187 e. The van der Waals surface area contributed by atoms with Crippen molar-refractivity contribution in [2.45, 2.75) is 39.5 Å². The number of hydrogen-bond donors (Lipinski definition) is 1. The Kier molecular flexibility index (Phi) is 9.71. The molecule has 0 unspecified atom stereocenters. The van der Waals surface area contributed by atoms with Crippen LogP contribution in [0, 0.1) is 0 Å². The van der Waals surface area contributed by atoms with Gasteiger partial charge in [0.1, 0.15) is 0 Å². The Balaban J connectivity index is 2.14. The van der Waals surface area contributed by atoms with Crippen LogP contribution in [0.5, 0.6) is 0 Å². The van der Waals surface area contributed by atoms with E-state index in [9.17, 15) is 4.79 Å². The molecule has 2 nitrogen and oxygen atoms in total. The summed E-state index contributed by atoms with van der Waals surface area (Å²) in [6, 6.07) is 9.39. The number of thioether (sulfide) groups is 1. The van der Waals surface area contributed by atoms with Crippen molar-refractivity contribution in [1.82, 2.24) is 5.32 Å². The summed E-state index contributed by atoms with van der Waals surface area (Å²) in [5.74, 6) is 2.40. The van der Waals surface area contributed by atoms with E-state index >= 15 is 0 Å². The number of allylic oxidation sites excluding steroid dienone is 2. The number of carbonyl (C=O) groups is 1. The summed E-state index contributed by atoms with van der Waals surface area (Å²) < 4.78 is 0. The summed E-state index contributed by atoms with van der Waals surface area (Å²) in [6.45, 7) is 5.11. The van der Waals surface area contributed by atoms with Crippen LogP contribution >= 0.6 is 11.8 Å². The van der Waals surface area contributed by atoms with Crippen molar-refractivity contribution >= 4 is 17.5 Å². The minimum absolute atomic E-state index is 0.0628. The van der Waals surface area contributed by atoms with Crippen molar-refractivity contribution in [3.63, 3.8) is 0 Å². The number of carbonyl (C=O) groups excluding carboxylic acids is 1. The van der Waals surface area contributed by atoms with Crippen molar-refractivity contribution in [3.05, 3.63) is 47.7 Å². The van der Waals surface area contributed by atoms with E-state index in [0.717, 1.165) is 23.6 Å². The first kappa shape index (κ1) is 17.8. The van der Waals surface area contributed by atoms with Crippen LogP contribution in [0.4, 0.5) is 0 Å². The monoisotopic (exact) mass is 305 g/mol. The Morgan fingerprint density at radius 2 is 1.90 bits per heavy atom. The predicted octanol–water partition coefficient (Wildman–Crippen LogP) is 4.68. The molecule has 0 bridgehead atoms. The van der Waals surface area contributed by atoms with Crippen LogP contribution in [0.3, 0.4) is 0 Å². The average Bonchev–Trinajstić information content (AvgIpc) is 2.50. The molecule has 0 spiro atoms. The highest BCUT2D eigenvalue weighted by molar-refractivity contribution is 7.99. The third-order valence-electron chi connectivity index (χ3n) is 3.20. The summed E-state index contributed by atoms with van der Waals surface area (Å²) in [5, 5.41) is 3.30. The van der Waals surface area contributed by atoms with Crippen LogP contribution in [-0.4, -0.2) is 23.8 Å². The molecule has 1 aromatic rings. The zero-order valence-corrected chi connectivity index (χ0v) is 14.0. The third kappa shape index (κ3) is 8.61. The van der Waals surface area contributed by atoms with Gasteiger partial charge in [-0.3, -0.25) is 4.79 Å². The van der Waals surface area contributed by atoms with Gasteiger partial charge in [0.15, 0.2) is 5.78 Å². The standard InChI is InChI=1S/C18H27NOS/c1-3-4-5-9-13-21-14-12-19-16(2)15-18(20)17-10-7-6-8-11-17/h6-8,10-11,15,19H,3-5,9,12-14H2,1-2H3/b16-15-. The molecule has 0 radical (unpaired) electrons. The van der Waals surface area contributed by atoms with Crippen LogP contribution in [-0.2, 0) is 0 Å². The molecular weight excluding hydrogens is 278 g/mol. The zero-order chi connectivity index (χ0) is 15.3. The second-order valence-corrected chi connectivity index (χ2v) is 6.38. The van der Waals surface area contributed by atoms with Gasteiger partial charge in [-0.05, 0) is 19.1 Å². The van der Waals surface area contributed by atoms with Gasteiger partial charge in [-0.25, -0.2) is 0 Å². The number of nitrogens with one attached hydrogen (secondary N) is 1. The van der Waals surface area contributed by atoms with Crippen molar-refractivity contribution < 1.29 is 4.79 Å². The fourth-order valence-electron chi connectivity index (χ4n) is 1.99. The normalized spacial score (nSPS) is 11.4. The number of unbranched alkanes of at least 4 members (excludes halogenated alkanes) is 3. The Morgan fingerprint density at radius 3 is 2.62 bits per heavy atom. The summed E-state index contributed by atoms with van der Waals surface area (Å²) in [7, 11) is 0. The van der Waals surface area contributed by atoms with E-state index < -0.39 is 0 Å². The Bertz CT molecular complexity index is 428. The lowest BCUT2D eigenvalue weighted by Gasteiger charge is -2.06. The SMILES string of the molecule is CCCCCCSCCN/C(C)=C\C(=O)c1ccccc1. The van der Waals surface area contributed by atoms with Crippen LogP contribution in [0.2, 0.25) is 0 Å². The van der Waals surface area contributed by atoms with E-state index in [4.69, 9.17) is 0 Å². The quantitative estimate of drug-likeness (QED) is 0.366. The highest BCUT2D eigenvalue weighted by Gasteiger charge is 2.01. The molecule has 1 N–H and O–H groups in total. The largest absolute Gasteiger partial charge is 0.388 e. The van der Waals surface area contributed by atoms with Crippen LogP contribution in [0.15, 0.2) is 42.1 Å². The summed E-state index contributed by atoms with van der Waals surface area (Å²) in [6.07, 6.45) is 7.00. The molecule has 0 amide bonds. The Hall–Kier alpha value is -1.22. The number of hydrogen-bond acceptors (Lipinski definition) is 3. The fourth-order valence-corrected chi connectivity index (χ4v) is 2.85. The molecule has 0 fully saturated rings. The van der Waals surface area contributed by atoms with Gasteiger partial charge < -0.3 is 5.32 Å². The first-order chi connectivity index (χ1) is 10.2. The lowest BCUT2D eigenvalue weighted by atomic mass is 10.1. The molecule has 1 aromatic carbocycles. The number of ketones is 1. The third-order valence-corrected chi connectivity index (χ3v) is 4.27. The second-order valence-electron chi connectivity index (χ2n) is 5.16. The summed E-state index contributed by atoms with van der Waals surface area (Å²) >= 11 is 1.99. The van der Waals surface area contributed by atoms with Gasteiger partial charge in [0.2, 0.25) is 0 Å². The van der Waals surface area contributed by atoms with Gasteiger partial charge in [0.25, 0.3) is 0 Å². The Morgan fingerprint density at radius 1 is 1.14 bits per heavy atom. The van der Waals surface area contributed by atoms with E-state index in [1.54, 1.807) is 6.08 Å². The van der Waals surface area contributed by atoms with E-state index in [1.807, 2.05) is 49.0 Å². The summed E-state index contributed by atoms with van der Waals surface area (Å²) in [5.41, 5.74) is 1.68. The molecule has 0 aliphatic heterocycles. The van der Waals surface area contributed by atoms with E-state index in [-0.39, 0.29) is 5.78 Å². The van der Waals surface area contributed by atoms with Gasteiger partial charge >= 0.3 is 0 Å². The molecule has 0 saturated heterocycles. The molecule has 0 atom stereocenters. The van der Waals surface area contributed by atoms with Gasteiger partial charge in [0.05, 0.1) is 0 Å². The van der Waals surface area contributed by atoms with Gasteiger partial charge in [-0.15, -0.1) is 0 Å². The number of benzene rings is 1. The first-order valence-corrected chi connectivity index (χ1v) is 8.98. The fraction of sp³-hybridized carbons (Fsp3) is 0.500. The molecule has 0 aromatic heterocycles. The highest BCUT2D eigenvalue weighted by Crippen LogP contribution is 2.07. The van der Waals surface area contributed by atoms with Crippen LogP contribution in [0.1, 0.15) is 49.9 Å². The predicted molar refractivity (Wildman–Crippen MR) is 94.0 cm³/mol. The van der Waals surface area contributed by atoms with Crippen molar-refractivity contribution in [1.29, 1.82) is 0 Å².